The second kappa shape index (κ2) is 8.21. The SMILES string of the molecule is Cc1cccc(C)c1OCC(=O)NC[C@@H](c1ccco1)[NH+]1CCCC1. The van der Waals surface area contributed by atoms with E-state index >= 15 is 0 Å². The summed E-state index contributed by atoms with van der Waals surface area (Å²) in [7, 11) is 0. The normalized spacial score (nSPS) is 15.9. The van der Waals surface area contributed by atoms with Crippen molar-refractivity contribution in [3.05, 3.63) is 53.5 Å². The minimum atomic E-state index is -0.0993. The van der Waals surface area contributed by atoms with Crippen LogP contribution < -0.4 is 15.0 Å². The van der Waals surface area contributed by atoms with E-state index in [4.69, 9.17) is 9.15 Å². The molecule has 0 unspecified atom stereocenters. The average molecular weight is 343 g/mol. The van der Waals surface area contributed by atoms with Gasteiger partial charge in [-0.25, -0.2) is 0 Å². The van der Waals surface area contributed by atoms with Gasteiger partial charge in [0, 0.05) is 12.8 Å². The molecule has 0 bridgehead atoms. The first-order chi connectivity index (χ1) is 12.1. The van der Waals surface area contributed by atoms with Crippen LogP contribution >= 0.6 is 0 Å². The van der Waals surface area contributed by atoms with Crippen molar-refractivity contribution in [3.63, 3.8) is 0 Å². The number of benzene rings is 1. The molecule has 0 radical (unpaired) electrons. The van der Waals surface area contributed by atoms with Crippen molar-refractivity contribution in [1.82, 2.24) is 5.32 Å². The van der Waals surface area contributed by atoms with Crippen LogP contribution in [0.25, 0.3) is 0 Å². The second-order valence-electron chi connectivity index (χ2n) is 6.75. The van der Waals surface area contributed by atoms with E-state index in [-0.39, 0.29) is 18.6 Å². The summed E-state index contributed by atoms with van der Waals surface area (Å²) in [6.45, 7) is 6.83. The number of furan rings is 1. The van der Waals surface area contributed by atoms with Gasteiger partial charge in [-0.2, -0.15) is 0 Å². The number of carbonyl (C=O) groups excluding carboxylic acids is 1. The highest BCUT2D eigenvalue weighted by atomic mass is 16.5. The maximum absolute atomic E-state index is 12.3. The first-order valence-electron chi connectivity index (χ1n) is 8.99. The molecule has 0 aliphatic carbocycles. The van der Waals surface area contributed by atoms with Gasteiger partial charge in [0.15, 0.2) is 18.4 Å². The molecule has 2 heterocycles. The number of quaternary nitrogens is 1. The Morgan fingerprint density at radius 1 is 1.20 bits per heavy atom. The Balaban J connectivity index is 1.55. The number of ether oxygens (including phenoxy) is 1. The largest absolute Gasteiger partial charge is 0.483 e. The molecule has 1 aliphatic rings. The zero-order valence-electron chi connectivity index (χ0n) is 15.0. The summed E-state index contributed by atoms with van der Waals surface area (Å²) in [5, 5.41) is 3.01. The summed E-state index contributed by atoms with van der Waals surface area (Å²) in [5.41, 5.74) is 2.09. The van der Waals surface area contributed by atoms with Gasteiger partial charge in [0.2, 0.25) is 0 Å². The van der Waals surface area contributed by atoms with Gasteiger partial charge in [-0.15, -0.1) is 0 Å². The molecule has 1 aromatic carbocycles. The molecular formula is C20H27N2O3+. The van der Waals surface area contributed by atoms with Crippen LogP contribution in [0.1, 0.15) is 35.8 Å². The Morgan fingerprint density at radius 2 is 1.92 bits per heavy atom. The van der Waals surface area contributed by atoms with Crippen molar-refractivity contribution in [2.75, 3.05) is 26.2 Å². The van der Waals surface area contributed by atoms with E-state index in [2.05, 4.69) is 5.32 Å². The van der Waals surface area contributed by atoms with Crippen molar-refractivity contribution in [3.8, 4) is 5.75 Å². The Kier molecular flexibility index (Phi) is 5.76. The van der Waals surface area contributed by atoms with E-state index in [9.17, 15) is 4.79 Å². The van der Waals surface area contributed by atoms with Crippen LogP contribution in [0, 0.1) is 13.8 Å². The van der Waals surface area contributed by atoms with Gasteiger partial charge in [0.05, 0.1) is 25.9 Å². The van der Waals surface area contributed by atoms with Gasteiger partial charge in [0.25, 0.3) is 5.91 Å². The van der Waals surface area contributed by atoms with Crippen molar-refractivity contribution >= 4 is 5.91 Å². The number of hydrogen-bond acceptors (Lipinski definition) is 3. The quantitative estimate of drug-likeness (QED) is 0.806. The first-order valence-corrected chi connectivity index (χ1v) is 8.99. The predicted molar refractivity (Wildman–Crippen MR) is 95.8 cm³/mol. The summed E-state index contributed by atoms with van der Waals surface area (Å²) >= 11 is 0. The van der Waals surface area contributed by atoms with Gasteiger partial charge >= 0.3 is 0 Å². The van der Waals surface area contributed by atoms with Gasteiger partial charge in [-0.3, -0.25) is 4.79 Å². The number of carbonyl (C=O) groups is 1. The number of likely N-dealkylation sites (tertiary alicyclic amines) is 1. The molecule has 5 nitrogen and oxygen atoms in total. The molecule has 0 spiro atoms. The number of para-hydroxylation sites is 1. The van der Waals surface area contributed by atoms with Crippen molar-refractivity contribution in [2.45, 2.75) is 32.7 Å². The molecule has 1 atom stereocenters. The molecule has 1 aliphatic heterocycles. The third-order valence-electron chi connectivity index (χ3n) is 4.88. The predicted octanol–water partition coefficient (Wildman–Crippen LogP) is 1.81. The van der Waals surface area contributed by atoms with Crippen LogP contribution in [0.4, 0.5) is 0 Å². The minimum absolute atomic E-state index is 0.0336. The monoisotopic (exact) mass is 343 g/mol. The van der Waals surface area contributed by atoms with Gasteiger partial charge in [0.1, 0.15) is 5.75 Å². The van der Waals surface area contributed by atoms with Gasteiger partial charge < -0.3 is 19.4 Å². The molecule has 5 heteroatoms. The summed E-state index contributed by atoms with van der Waals surface area (Å²) in [5.74, 6) is 1.64. The van der Waals surface area contributed by atoms with Crippen molar-refractivity contribution in [2.24, 2.45) is 0 Å². The number of rotatable bonds is 7. The van der Waals surface area contributed by atoms with E-state index in [1.54, 1.807) is 6.26 Å². The third-order valence-corrected chi connectivity index (χ3v) is 4.88. The average Bonchev–Trinajstić information content (AvgIpc) is 3.29. The Morgan fingerprint density at radius 3 is 2.56 bits per heavy atom. The van der Waals surface area contributed by atoms with Crippen molar-refractivity contribution in [1.29, 1.82) is 0 Å². The first kappa shape index (κ1) is 17.5. The highest BCUT2D eigenvalue weighted by molar-refractivity contribution is 5.77. The Labute approximate surface area is 149 Å². The third kappa shape index (κ3) is 4.42. The lowest BCUT2D eigenvalue weighted by atomic mass is 10.1. The highest BCUT2D eigenvalue weighted by Crippen LogP contribution is 2.22. The zero-order valence-corrected chi connectivity index (χ0v) is 15.0. The number of aryl methyl sites for hydroxylation is 2. The van der Waals surface area contributed by atoms with E-state index < -0.39 is 0 Å². The topological polar surface area (TPSA) is 55.9 Å². The summed E-state index contributed by atoms with van der Waals surface area (Å²) in [4.78, 5) is 13.7. The molecule has 2 N–H and O–H groups in total. The van der Waals surface area contributed by atoms with E-state index in [1.165, 1.54) is 17.7 Å². The molecule has 2 aromatic rings. The molecule has 1 amide bonds. The van der Waals surface area contributed by atoms with Gasteiger partial charge in [-0.05, 0) is 37.1 Å². The van der Waals surface area contributed by atoms with Crippen molar-refractivity contribution < 1.29 is 18.8 Å². The lowest BCUT2D eigenvalue weighted by molar-refractivity contribution is -0.919. The standard InChI is InChI=1S/C20H26N2O3/c1-15-7-5-8-16(2)20(15)25-14-19(23)21-13-17(18-9-6-12-24-18)22-10-3-4-11-22/h5-9,12,17H,3-4,10-11,13-14H2,1-2H3,(H,21,23)/p+1/t17-/m0/s1. The summed E-state index contributed by atoms with van der Waals surface area (Å²) in [6, 6.07) is 10.0. The number of amides is 1. The van der Waals surface area contributed by atoms with Crippen LogP contribution in [0.5, 0.6) is 5.75 Å². The van der Waals surface area contributed by atoms with Gasteiger partial charge in [-0.1, -0.05) is 18.2 Å². The molecular weight excluding hydrogens is 316 g/mol. The second-order valence-corrected chi connectivity index (χ2v) is 6.75. The van der Waals surface area contributed by atoms with Crippen LogP contribution in [-0.2, 0) is 4.79 Å². The summed E-state index contributed by atoms with van der Waals surface area (Å²) < 4.78 is 11.3. The molecule has 25 heavy (non-hydrogen) atoms. The molecule has 3 rings (SSSR count). The lowest BCUT2D eigenvalue weighted by Crippen LogP contribution is -3.11. The number of nitrogens with one attached hydrogen (secondary N) is 2. The fraction of sp³-hybridized carbons (Fsp3) is 0.450. The molecule has 0 saturated carbocycles. The highest BCUT2D eigenvalue weighted by Gasteiger charge is 2.29. The minimum Gasteiger partial charge on any atom is -0.483 e. The fourth-order valence-corrected chi connectivity index (χ4v) is 3.54. The summed E-state index contributed by atoms with van der Waals surface area (Å²) in [6.07, 6.45) is 4.16. The van der Waals surface area contributed by atoms with E-state index in [0.717, 1.165) is 35.7 Å². The van der Waals surface area contributed by atoms with E-state index in [0.29, 0.717) is 6.54 Å². The van der Waals surface area contributed by atoms with Crippen LogP contribution in [0.2, 0.25) is 0 Å². The van der Waals surface area contributed by atoms with E-state index in [1.807, 2.05) is 44.2 Å². The molecule has 1 saturated heterocycles. The maximum atomic E-state index is 12.3. The Hall–Kier alpha value is -2.27. The van der Waals surface area contributed by atoms with Crippen LogP contribution in [0.3, 0.4) is 0 Å². The number of hydrogen-bond donors (Lipinski definition) is 2. The lowest BCUT2D eigenvalue weighted by Gasteiger charge is -2.23. The Bertz CT molecular complexity index is 671. The maximum Gasteiger partial charge on any atom is 0.258 e. The molecule has 1 aromatic heterocycles. The molecule has 134 valence electrons. The molecule has 1 fully saturated rings. The smallest absolute Gasteiger partial charge is 0.258 e. The zero-order chi connectivity index (χ0) is 17.6. The van der Waals surface area contributed by atoms with Crippen LogP contribution in [0.15, 0.2) is 41.0 Å². The fourth-order valence-electron chi connectivity index (χ4n) is 3.54. The van der Waals surface area contributed by atoms with Crippen LogP contribution in [-0.4, -0.2) is 32.1 Å².